The molecule has 2 fully saturated rings. The second-order valence-electron chi connectivity index (χ2n) is 10.3. The van der Waals surface area contributed by atoms with Crippen molar-refractivity contribution in [3.63, 3.8) is 0 Å². The number of carbonyl (C=O) groups is 3. The lowest BCUT2D eigenvalue weighted by Gasteiger charge is -2.26. The number of amides is 1. The summed E-state index contributed by atoms with van der Waals surface area (Å²) in [5.74, 6) is -2.81. The highest BCUT2D eigenvalue weighted by Gasteiger charge is 2.54. The smallest absolute Gasteiger partial charge is 0.341 e. The van der Waals surface area contributed by atoms with Crippen LogP contribution in [-0.2, 0) is 19.7 Å². The quantitative estimate of drug-likeness (QED) is 0.565. The number of hydrogen-bond donors (Lipinski definition) is 2. The number of carboxylic acids is 1. The number of aryl methyl sites for hydroxylation is 1. The van der Waals surface area contributed by atoms with Gasteiger partial charge in [-0.3, -0.25) is 9.59 Å². The van der Waals surface area contributed by atoms with Gasteiger partial charge in [0.15, 0.2) is 0 Å². The van der Waals surface area contributed by atoms with E-state index in [1.165, 1.54) is 24.0 Å². The minimum Gasteiger partial charge on any atom is -0.481 e. The van der Waals surface area contributed by atoms with E-state index in [0.29, 0.717) is 10.6 Å². The van der Waals surface area contributed by atoms with Gasteiger partial charge in [0.25, 0.3) is 0 Å². The largest absolute Gasteiger partial charge is 0.481 e. The van der Waals surface area contributed by atoms with Crippen LogP contribution in [0, 0.1) is 30.6 Å². The second kappa shape index (κ2) is 8.60. The van der Waals surface area contributed by atoms with Crippen molar-refractivity contribution in [2.24, 2.45) is 23.7 Å². The number of aliphatic carboxylic acids is 1. The molecule has 1 amide bonds. The zero-order valence-corrected chi connectivity index (χ0v) is 20.5. The molecule has 6 nitrogen and oxygen atoms in total. The van der Waals surface area contributed by atoms with Crippen LogP contribution in [0.25, 0.3) is 11.1 Å². The van der Waals surface area contributed by atoms with Gasteiger partial charge < -0.3 is 15.2 Å². The molecule has 1 aromatic heterocycles. The van der Waals surface area contributed by atoms with Crippen molar-refractivity contribution in [3.8, 4) is 11.1 Å². The van der Waals surface area contributed by atoms with Crippen LogP contribution < -0.4 is 5.32 Å². The molecule has 2 aliphatic carbocycles. The Morgan fingerprint density at radius 1 is 1.06 bits per heavy atom. The highest BCUT2D eigenvalue weighted by Crippen LogP contribution is 2.53. The molecule has 1 aromatic carbocycles. The van der Waals surface area contributed by atoms with E-state index < -0.39 is 23.8 Å². The zero-order valence-electron chi connectivity index (χ0n) is 19.7. The van der Waals surface area contributed by atoms with Crippen molar-refractivity contribution in [1.82, 2.24) is 0 Å². The van der Waals surface area contributed by atoms with Crippen LogP contribution in [0.1, 0.15) is 60.8 Å². The molecule has 2 aromatic rings. The standard InChI is InChI=1S/C26H31NO5S/c1-13-18(14-8-10-17(11-9-14)26(2,3)4)21(25(31)32-5)23(33-13)27-22(28)19-15-6-7-16(12-15)20(19)24(29)30/h8-11,15-16,19-20H,6-7,12H2,1-5H3,(H,27,28)(H,29,30)/t15-,16-,19+,20-/m0/s1. The number of esters is 1. The summed E-state index contributed by atoms with van der Waals surface area (Å²) >= 11 is 1.33. The topological polar surface area (TPSA) is 92.7 Å². The van der Waals surface area contributed by atoms with Gasteiger partial charge in [0.1, 0.15) is 10.6 Å². The first-order chi connectivity index (χ1) is 15.5. The van der Waals surface area contributed by atoms with Gasteiger partial charge in [0.2, 0.25) is 5.91 Å². The number of ether oxygens (including phenoxy) is 1. The van der Waals surface area contributed by atoms with Gasteiger partial charge in [-0.2, -0.15) is 0 Å². The third kappa shape index (κ3) is 4.19. The molecule has 7 heteroatoms. The summed E-state index contributed by atoms with van der Waals surface area (Å²) in [4.78, 5) is 38.8. The number of fused-ring (bicyclic) bond motifs is 2. The predicted octanol–water partition coefficient (Wildman–Crippen LogP) is 5.49. The molecule has 0 spiro atoms. The fourth-order valence-electron chi connectivity index (χ4n) is 5.63. The number of carboxylic acid groups (broad SMARTS) is 1. The summed E-state index contributed by atoms with van der Waals surface area (Å²) in [6.45, 7) is 8.35. The van der Waals surface area contributed by atoms with Gasteiger partial charge in [-0.15, -0.1) is 11.3 Å². The lowest BCUT2D eigenvalue weighted by atomic mass is 9.78. The van der Waals surface area contributed by atoms with Crippen molar-refractivity contribution in [3.05, 3.63) is 40.3 Å². The highest BCUT2D eigenvalue weighted by molar-refractivity contribution is 7.17. The van der Waals surface area contributed by atoms with Crippen LogP contribution in [-0.4, -0.2) is 30.1 Å². The van der Waals surface area contributed by atoms with Crippen molar-refractivity contribution >= 4 is 34.2 Å². The van der Waals surface area contributed by atoms with E-state index in [1.54, 1.807) is 0 Å². The Balaban J connectivity index is 1.69. The van der Waals surface area contributed by atoms with Crippen LogP contribution in [0.3, 0.4) is 0 Å². The number of nitrogens with one attached hydrogen (secondary N) is 1. The second-order valence-corrected chi connectivity index (χ2v) is 11.5. The molecule has 2 saturated carbocycles. The molecule has 0 radical (unpaired) electrons. The number of benzene rings is 1. The Kier molecular flexibility index (Phi) is 6.12. The SMILES string of the molecule is COC(=O)c1c(NC(=O)[C@@H]2[C@H]3CC[C@@H](C3)[C@@H]2C(=O)O)sc(C)c1-c1ccc(C(C)(C)C)cc1. The number of hydrogen-bond acceptors (Lipinski definition) is 5. The fraction of sp³-hybridized carbons (Fsp3) is 0.500. The molecule has 0 unspecified atom stereocenters. The van der Waals surface area contributed by atoms with Gasteiger partial charge in [-0.05, 0) is 54.6 Å². The molecule has 4 rings (SSSR count). The number of carbonyl (C=O) groups excluding carboxylic acids is 2. The van der Waals surface area contributed by atoms with Crippen LogP contribution in [0.5, 0.6) is 0 Å². The Morgan fingerprint density at radius 3 is 2.21 bits per heavy atom. The maximum absolute atomic E-state index is 13.3. The van der Waals surface area contributed by atoms with Crippen molar-refractivity contribution < 1.29 is 24.2 Å². The third-order valence-corrected chi connectivity index (χ3v) is 8.28. The number of thiophene rings is 1. The van der Waals surface area contributed by atoms with Crippen LogP contribution in [0.2, 0.25) is 0 Å². The lowest BCUT2D eigenvalue weighted by Crippen LogP contribution is -2.37. The fourth-order valence-corrected chi connectivity index (χ4v) is 6.70. The summed E-state index contributed by atoms with van der Waals surface area (Å²) in [5.41, 5.74) is 3.13. The van der Waals surface area contributed by atoms with E-state index in [-0.39, 0.29) is 23.2 Å². The van der Waals surface area contributed by atoms with E-state index in [1.807, 2.05) is 19.1 Å². The maximum atomic E-state index is 13.3. The number of rotatable bonds is 5. The van der Waals surface area contributed by atoms with E-state index in [0.717, 1.165) is 35.3 Å². The molecule has 2 bridgehead atoms. The molecule has 2 aliphatic rings. The van der Waals surface area contributed by atoms with Crippen molar-refractivity contribution in [2.45, 2.75) is 52.4 Å². The van der Waals surface area contributed by atoms with E-state index >= 15 is 0 Å². The first kappa shape index (κ1) is 23.5. The van der Waals surface area contributed by atoms with E-state index in [4.69, 9.17) is 4.74 Å². The third-order valence-electron chi connectivity index (χ3n) is 7.25. The molecule has 4 atom stereocenters. The summed E-state index contributed by atoms with van der Waals surface area (Å²) in [7, 11) is 1.32. The van der Waals surface area contributed by atoms with Crippen LogP contribution in [0.15, 0.2) is 24.3 Å². The highest BCUT2D eigenvalue weighted by atomic mass is 32.1. The normalized spacial score (nSPS) is 24.0. The minimum atomic E-state index is -0.905. The molecular weight excluding hydrogens is 438 g/mol. The van der Waals surface area contributed by atoms with Gasteiger partial charge >= 0.3 is 11.9 Å². The molecule has 1 heterocycles. The average molecular weight is 470 g/mol. The first-order valence-corrected chi connectivity index (χ1v) is 12.2. The average Bonchev–Trinajstić information content (AvgIpc) is 3.45. The van der Waals surface area contributed by atoms with Gasteiger partial charge in [0, 0.05) is 10.4 Å². The van der Waals surface area contributed by atoms with Gasteiger partial charge in [-0.1, -0.05) is 45.0 Å². The lowest BCUT2D eigenvalue weighted by molar-refractivity contribution is -0.148. The Morgan fingerprint density at radius 2 is 1.67 bits per heavy atom. The maximum Gasteiger partial charge on any atom is 0.341 e. The van der Waals surface area contributed by atoms with Gasteiger partial charge in [0.05, 0.1) is 18.9 Å². The van der Waals surface area contributed by atoms with Gasteiger partial charge in [-0.25, -0.2) is 4.79 Å². The van der Waals surface area contributed by atoms with Crippen molar-refractivity contribution in [1.29, 1.82) is 0 Å². The molecular formula is C26H31NO5S. The molecule has 176 valence electrons. The Hall–Kier alpha value is -2.67. The van der Waals surface area contributed by atoms with E-state index in [9.17, 15) is 19.5 Å². The first-order valence-electron chi connectivity index (χ1n) is 11.4. The minimum absolute atomic E-state index is 0.00782. The Bertz CT molecular complexity index is 1100. The molecule has 2 N–H and O–H groups in total. The van der Waals surface area contributed by atoms with Crippen LogP contribution in [0.4, 0.5) is 5.00 Å². The summed E-state index contributed by atoms with van der Waals surface area (Å²) in [6, 6.07) is 8.09. The monoisotopic (exact) mass is 469 g/mol. The summed E-state index contributed by atoms with van der Waals surface area (Å²) in [6.07, 6.45) is 2.53. The summed E-state index contributed by atoms with van der Waals surface area (Å²) < 4.78 is 5.07. The molecule has 33 heavy (non-hydrogen) atoms. The molecule has 0 aliphatic heterocycles. The molecule has 0 saturated heterocycles. The predicted molar refractivity (Wildman–Crippen MR) is 129 cm³/mol. The van der Waals surface area contributed by atoms with Crippen LogP contribution >= 0.6 is 11.3 Å². The number of anilines is 1. The van der Waals surface area contributed by atoms with Crippen molar-refractivity contribution in [2.75, 3.05) is 12.4 Å². The zero-order chi connectivity index (χ0) is 24.1. The summed E-state index contributed by atoms with van der Waals surface area (Å²) in [5, 5.41) is 13.1. The van der Waals surface area contributed by atoms with E-state index in [2.05, 4.69) is 38.2 Å². The number of methoxy groups -OCH3 is 1. The Labute approximate surface area is 198 Å².